The average Bonchev–Trinajstić information content (AvgIpc) is 1.44. The molecule has 104 heavy (non-hydrogen) atoms. The van der Waals surface area contributed by atoms with Crippen LogP contribution in [0.2, 0.25) is 0 Å². The molecule has 0 saturated heterocycles. The van der Waals surface area contributed by atoms with Gasteiger partial charge in [-0.3, -0.25) is 0 Å². The van der Waals surface area contributed by atoms with Crippen LogP contribution < -0.4 is 0 Å². The molecule has 0 N–H and O–H groups in total. The van der Waals surface area contributed by atoms with Gasteiger partial charge in [0, 0.05) is 21.7 Å². The second kappa shape index (κ2) is 27.3. The first-order chi connectivity index (χ1) is 51.1. The lowest BCUT2D eigenvalue weighted by molar-refractivity contribution is 0.405. The van der Waals surface area contributed by atoms with Gasteiger partial charge in [-0.1, -0.05) is 362 Å². The molecule has 0 amide bonds. The summed E-state index contributed by atoms with van der Waals surface area (Å²) in [4.78, 5) is 0. The van der Waals surface area contributed by atoms with Gasteiger partial charge in [0.15, 0.2) is 0 Å². The van der Waals surface area contributed by atoms with Gasteiger partial charge in [-0.2, -0.15) is 0 Å². The van der Waals surface area contributed by atoms with Crippen LogP contribution in [0.4, 0.5) is 0 Å². The highest BCUT2D eigenvalue weighted by atomic mass is 14.5. The largest absolute Gasteiger partial charge is 0.0654 e. The molecular weight excluding hydrogens is 1250 g/mol. The van der Waals surface area contributed by atoms with E-state index in [0.717, 1.165) is 12.8 Å². The summed E-state index contributed by atoms with van der Waals surface area (Å²) in [7, 11) is 0. The van der Waals surface area contributed by atoms with Crippen LogP contribution in [-0.4, -0.2) is 0 Å². The van der Waals surface area contributed by atoms with E-state index >= 15 is 0 Å². The van der Waals surface area contributed by atoms with E-state index in [1.807, 2.05) is 0 Å². The Morgan fingerprint density at radius 2 is 0.433 bits per heavy atom. The molecule has 14 aromatic rings. The molecule has 516 valence electrons. The van der Waals surface area contributed by atoms with Crippen LogP contribution in [0.1, 0.15) is 203 Å². The fraction of sp³-hybridized carbons (Fsp3) is 0.269. The van der Waals surface area contributed by atoms with Crippen molar-refractivity contribution in [3.63, 3.8) is 0 Å². The number of hydrogen-bond acceptors (Lipinski definition) is 0. The zero-order chi connectivity index (χ0) is 70.9. The topological polar surface area (TPSA) is 0 Å². The maximum atomic E-state index is 2.63. The lowest BCUT2D eigenvalue weighted by atomic mass is 9.70. The molecular formula is C104H100. The minimum absolute atomic E-state index is 0.0379. The van der Waals surface area contributed by atoms with Crippen LogP contribution in [0, 0.1) is 0 Å². The summed E-state index contributed by atoms with van der Waals surface area (Å²) in [5.41, 5.74) is 34.2. The van der Waals surface area contributed by atoms with Crippen LogP contribution in [0.15, 0.2) is 267 Å². The zero-order valence-corrected chi connectivity index (χ0v) is 62.7. The van der Waals surface area contributed by atoms with Gasteiger partial charge in [-0.15, -0.1) is 0 Å². The third-order valence-corrected chi connectivity index (χ3v) is 25.9. The summed E-state index contributed by atoms with van der Waals surface area (Å²) in [6.07, 6.45) is 19.6. The molecule has 0 saturated carbocycles. The Kier molecular flexibility index (Phi) is 17.7. The normalized spacial score (nSPS) is 14.7. The van der Waals surface area contributed by atoms with Crippen molar-refractivity contribution >= 4 is 43.1 Å². The second-order valence-corrected chi connectivity index (χ2v) is 31.6. The molecule has 0 spiro atoms. The molecule has 4 aliphatic carbocycles. The number of rotatable bonds is 20. The first kappa shape index (κ1) is 67.3. The van der Waals surface area contributed by atoms with Crippen molar-refractivity contribution in [2.45, 2.75) is 180 Å². The molecule has 0 atom stereocenters. The van der Waals surface area contributed by atoms with E-state index in [9.17, 15) is 0 Å². The fourth-order valence-corrected chi connectivity index (χ4v) is 20.8. The number of hydrogen-bond donors (Lipinski definition) is 0. The molecule has 0 unspecified atom stereocenters. The predicted molar refractivity (Wildman–Crippen MR) is 449 cm³/mol. The third-order valence-electron chi connectivity index (χ3n) is 25.9. The maximum Gasteiger partial charge on any atom is 0.0215 e. The molecule has 0 fully saturated rings. The molecule has 0 heteroatoms. The fourth-order valence-electron chi connectivity index (χ4n) is 20.8. The van der Waals surface area contributed by atoms with E-state index in [2.05, 4.69) is 322 Å². The predicted octanol–water partition coefficient (Wildman–Crippen LogP) is 30.1. The van der Waals surface area contributed by atoms with Gasteiger partial charge in [-0.25, -0.2) is 0 Å². The van der Waals surface area contributed by atoms with E-state index in [-0.39, 0.29) is 21.7 Å². The Labute approximate surface area is 619 Å². The summed E-state index contributed by atoms with van der Waals surface area (Å²) in [5, 5.41) is 10.6. The Bertz CT molecular complexity index is 5510. The van der Waals surface area contributed by atoms with Gasteiger partial charge in [0.2, 0.25) is 0 Å². The van der Waals surface area contributed by atoms with Crippen LogP contribution in [-0.2, 0) is 21.7 Å². The van der Waals surface area contributed by atoms with E-state index in [1.165, 1.54) is 250 Å². The highest BCUT2D eigenvalue weighted by Crippen LogP contribution is 2.60. The number of unbranched alkanes of at least 4 members (excludes halogenated alkanes) is 6. The van der Waals surface area contributed by atoms with Crippen molar-refractivity contribution in [3.05, 3.63) is 311 Å². The van der Waals surface area contributed by atoms with Gasteiger partial charge in [-0.05, 0) is 239 Å². The Morgan fingerprint density at radius 3 is 0.740 bits per heavy atom. The lowest BCUT2D eigenvalue weighted by Crippen LogP contribution is -2.25. The van der Waals surface area contributed by atoms with Crippen molar-refractivity contribution in [3.8, 4) is 89.0 Å². The summed E-state index contributed by atoms with van der Waals surface area (Å²) in [6.45, 7) is 18.9. The summed E-state index contributed by atoms with van der Waals surface area (Å²) in [6, 6.07) is 103. The molecule has 18 rings (SSSR count). The van der Waals surface area contributed by atoms with Crippen LogP contribution in [0.25, 0.3) is 132 Å². The quantitative estimate of drug-likeness (QED) is 0.0527. The lowest BCUT2D eigenvalue weighted by Gasteiger charge is -2.33. The van der Waals surface area contributed by atoms with E-state index in [4.69, 9.17) is 0 Å². The first-order valence-corrected chi connectivity index (χ1v) is 39.9. The van der Waals surface area contributed by atoms with Gasteiger partial charge < -0.3 is 0 Å². The van der Waals surface area contributed by atoms with Gasteiger partial charge in [0.25, 0.3) is 0 Å². The highest BCUT2D eigenvalue weighted by Gasteiger charge is 2.45. The van der Waals surface area contributed by atoms with Crippen molar-refractivity contribution in [1.82, 2.24) is 0 Å². The summed E-state index contributed by atoms with van der Waals surface area (Å²) < 4.78 is 0. The Hall–Kier alpha value is -9.88. The third kappa shape index (κ3) is 10.5. The minimum atomic E-state index is -0.0441. The van der Waals surface area contributed by atoms with Crippen LogP contribution in [0.3, 0.4) is 0 Å². The Balaban J connectivity index is 0.000000154. The molecule has 0 aliphatic heterocycles. The standard InChI is InChI=1S/C54H54.C50H46/c1-5-9-19-33-54(34-20-10-6-2)48-28-18-16-22-40(48)42-32-30-38(36-50(42)54)52-45-25-13-11-23-43(45)51(44-24-12-14-26-46(44)52)37-29-31-41-39-21-15-17-27-47(39)53(7-3,8-4)49(41)35-37;1-5-7-29-50(30-8-6-2)44-24-16-14-18-36(44)38-28-26-34(32-46(38)50)48-41-21-11-9-19-39(41)47(40-20-10-12-22-42(40)48)33-25-27-37-35-17-13-15-23-43(35)49(3,4)45(37)31-33/h11-18,21-32,35-36H,5-10,19-20,33-34H2,1-4H3;9-28,31-32H,5-8,29-30H2,1-4H3. The molecule has 0 bridgehead atoms. The van der Waals surface area contributed by atoms with E-state index in [1.54, 1.807) is 16.7 Å². The highest BCUT2D eigenvalue weighted by molar-refractivity contribution is 6.23. The van der Waals surface area contributed by atoms with Crippen molar-refractivity contribution < 1.29 is 0 Å². The monoisotopic (exact) mass is 1350 g/mol. The Morgan fingerprint density at radius 1 is 0.202 bits per heavy atom. The van der Waals surface area contributed by atoms with Crippen molar-refractivity contribution in [1.29, 1.82) is 0 Å². The average molecular weight is 1350 g/mol. The maximum absolute atomic E-state index is 2.63. The molecule has 14 aromatic carbocycles. The summed E-state index contributed by atoms with van der Waals surface area (Å²) >= 11 is 0. The van der Waals surface area contributed by atoms with Gasteiger partial charge in [0.05, 0.1) is 0 Å². The van der Waals surface area contributed by atoms with Crippen LogP contribution >= 0.6 is 0 Å². The van der Waals surface area contributed by atoms with Crippen molar-refractivity contribution in [2.75, 3.05) is 0 Å². The van der Waals surface area contributed by atoms with Crippen molar-refractivity contribution in [2.24, 2.45) is 0 Å². The minimum Gasteiger partial charge on any atom is -0.0654 e. The van der Waals surface area contributed by atoms with Gasteiger partial charge in [0.1, 0.15) is 0 Å². The molecule has 0 aromatic heterocycles. The smallest absolute Gasteiger partial charge is 0.0215 e. The van der Waals surface area contributed by atoms with Gasteiger partial charge >= 0.3 is 0 Å². The second-order valence-electron chi connectivity index (χ2n) is 31.6. The summed E-state index contributed by atoms with van der Waals surface area (Å²) in [5.74, 6) is 0. The SMILES string of the molecule is CCCCC1(CCCC)c2ccccc2-c2ccc(-c3c4ccccc4c(-c4ccc5c(c4)C(C)(C)c4ccccc4-5)c4ccccc34)cc21.CCCCCC1(CCCCC)c2ccccc2-c2ccc(-c3c4ccccc4c(-c4ccc5c(c4)C(CC)(CC)c4ccccc4-5)c4ccccc34)cc21. The van der Waals surface area contributed by atoms with E-state index < -0.39 is 0 Å². The number of fused-ring (bicyclic) bond motifs is 16. The molecule has 0 nitrogen and oxygen atoms in total. The number of benzene rings is 14. The zero-order valence-electron chi connectivity index (χ0n) is 62.7. The first-order valence-electron chi connectivity index (χ1n) is 39.9. The van der Waals surface area contributed by atoms with E-state index in [0.29, 0.717) is 0 Å². The molecule has 0 heterocycles. The molecule has 4 aliphatic rings. The van der Waals surface area contributed by atoms with Crippen LogP contribution in [0.5, 0.6) is 0 Å². The molecule has 0 radical (unpaired) electrons.